The van der Waals surface area contributed by atoms with Crippen LogP contribution in [0.2, 0.25) is 0 Å². The summed E-state index contributed by atoms with van der Waals surface area (Å²) in [5, 5.41) is 14.4. The molecule has 0 radical (unpaired) electrons. The van der Waals surface area contributed by atoms with Gasteiger partial charge in [-0.15, -0.1) is 0 Å². The SMILES string of the molecule is NC(O)(O)N1CC(CC(F)(F)Cl)CC1=O. The van der Waals surface area contributed by atoms with Gasteiger partial charge >= 0.3 is 11.4 Å². The van der Waals surface area contributed by atoms with Crippen LogP contribution in [0.3, 0.4) is 0 Å². The van der Waals surface area contributed by atoms with Crippen LogP contribution in [0.25, 0.3) is 0 Å². The van der Waals surface area contributed by atoms with E-state index in [1.807, 2.05) is 0 Å². The summed E-state index contributed by atoms with van der Waals surface area (Å²) in [6.07, 6.45) is -0.921. The normalized spacial score (nSPS) is 23.7. The summed E-state index contributed by atoms with van der Waals surface area (Å²) < 4.78 is 24.8. The van der Waals surface area contributed by atoms with Gasteiger partial charge in [0.2, 0.25) is 5.91 Å². The summed E-state index contributed by atoms with van der Waals surface area (Å²) in [7, 11) is 0. The van der Waals surface area contributed by atoms with E-state index in [0.29, 0.717) is 4.90 Å². The first-order chi connectivity index (χ1) is 6.59. The maximum Gasteiger partial charge on any atom is 0.322 e. The van der Waals surface area contributed by atoms with E-state index in [-0.39, 0.29) is 13.0 Å². The molecule has 88 valence electrons. The number of aliphatic hydroxyl groups is 2. The molecule has 4 N–H and O–H groups in total. The number of hydrogen-bond acceptors (Lipinski definition) is 4. The third kappa shape index (κ3) is 3.53. The minimum Gasteiger partial charge on any atom is -0.336 e. The number of carbonyl (C=O) groups excluding carboxylic acids is 1. The van der Waals surface area contributed by atoms with Crippen molar-refractivity contribution < 1.29 is 23.8 Å². The van der Waals surface area contributed by atoms with Crippen LogP contribution in [0.15, 0.2) is 0 Å². The lowest BCUT2D eigenvalue weighted by atomic mass is 10.1. The number of halogens is 3. The fourth-order valence-corrected chi connectivity index (χ4v) is 1.78. The Balaban J connectivity index is 2.61. The van der Waals surface area contributed by atoms with E-state index in [4.69, 9.17) is 27.5 Å². The van der Waals surface area contributed by atoms with Crippen molar-refractivity contribution in [3.8, 4) is 0 Å². The first-order valence-electron chi connectivity index (χ1n) is 4.20. The predicted molar refractivity (Wildman–Crippen MR) is 46.6 cm³/mol. The van der Waals surface area contributed by atoms with Crippen molar-refractivity contribution in [3.05, 3.63) is 0 Å². The molecule has 1 rings (SSSR count). The molecule has 0 bridgehead atoms. The lowest BCUT2D eigenvalue weighted by molar-refractivity contribution is -0.249. The molecule has 1 aliphatic heterocycles. The summed E-state index contributed by atoms with van der Waals surface area (Å²) >= 11 is 4.70. The van der Waals surface area contributed by atoms with Crippen LogP contribution >= 0.6 is 11.6 Å². The van der Waals surface area contributed by atoms with E-state index >= 15 is 0 Å². The molecule has 1 unspecified atom stereocenters. The average Bonchev–Trinajstić information content (AvgIpc) is 2.25. The highest BCUT2D eigenvalue weighted by Crippen LogP contribution is 2.33. The Kier molecular flexibility index (Phi) is 3.20. The number of amides is 1. The van der Waals surface area contributed by atoms with Crippen molar-refractivity contribution in [2.45, 2.75) is 24.3 Å². The molecule has 1 fully saturated rings. The summed E-state index contributed by atoms with van der Waals surface area (Å²) in [5.74, 6) is -1.42. The Labute approximate surface area is 89.4 Å². The summed E-state index contributed by atoms with van der Waals surface area (Å²) in [5.41, 5.74) is 4.85. The van der Waals surface area contributed by atoms with Crippen LogP contribution in [0.5, 0.6) is 0 Å². The van der Waals surface area contributed by atoms with Gasteiger partial charge in [-0.25, -0.2) is 0 Å². The van der Waals surface area contributed by atoms with Gasteiger partial charge in [-0.05, 0) is 17.5 Å². The second kappa shape index (κ2) is 3.82. The van der Waals surface area contributed by atoms with E-state index in [9.17, 15) is 13.6 Å². The predicted octanol–water partition coefficient (Wildman–Crippen LogP) is -0.389. The van der Waals surface area contributed by atoms with Crippen molar-refractivity contribution >= 4 is 17.5 Å². The van der Waals surface area contributed by atoms with E-state index in [1.165, 1.54) is 0 Å². The van der Waals surface area contributed by atoms with Crippen LogP contribution in [-0.2, 0) is 4.79 Å². The van der Waals surface area contributed by atoms with Gasteiger partial charge in [0.25, 0.3) is 0 Å². The maximum absolute atomic E-state index is 12.4. The highest BCUT2D eigenvalue weighted by atomic mass is 35.5. The number of nitrogens with zero attached hydrogens (tertiary/aromatic N) is 1. The van der Waals surface area contributed by atoms with Crippen molar-refractivity contribution in [1.29, 1.82) is 0 Å². The van der Waals surface area contributed by atoms with Crippen molar-refractivity contribution in [2.24, 2.45) is 11.7 Å². The van der Waals surface area contributed by atoms with Gasteiger partial charge in [0, 0.05) is 19.4 Å². The van der Waals surface area contributed by atoms with Gasteiger partial charge in [0.05, 0.1) is 0 Å². The van der Waals surface area contributed by atoms with Gasteiger partial charge in [0.15, 0.2) is 0 Å². The van der Waals surface area contributed by atoms with Crippen molar-refractivity contribution in [1.82, 2.24) is 4.90 Å². The molecule has 1 saturated heterocycles. The molecule has 1 amide bonds. The van der Waals surface area contributed by atoms with E-state index < -0.39 is 29.7 Å². The second-order valence-electron chi connectivity index (χ2n) is 3.58. The van der Waals surface area contributed by atoms with Crippen LogP contribution in [0, 0.1) is 5.92 Å². The monoisotopic (exact) mass is 244 g/mol. The Bertz CT molecular complexity index is 264. The maximum atomic E-state index is 12.4. The molecule has 0 spiro atoms. The Morgan fingerprint density at radius 3 is 2.47 bits per heavy atom. The van der Waals surface area contributed by atoms with Gasteiger partial charge in [-0.3, -0.25) is 15.4 Å². The lowest BCUT2D eigenvalue weighted by Crippen LogP contribution is -2.56. The third-order valence-electron chi connectivity index (χ3n) is 2.12. The van der Waals surface area contributed by atoms with Gasteiger partial charge < -0.3 is 10.2 Å². The summed E-state index contributed by atoms with van der Waals surface area (Å²) in [4.78, 5) is 11.7. The fraction of sp³-hybridized carbons (Fsp3) is 0.857. The molecular weight excluding hydrogens is 234 g/mol. The van der Waals surface area contributed by atoms with Gasteiger partial charge in [-0.1, -0.05) is 0 Å². The van der Waals surface area contributed by atoms with Gasteiger partial charge in [-0.2, -0.15) is 8.78 Å². The number of rotatable bonds is 3. The smallest absolute Gasteiger partial charge is 0.322 e. The third-order valence-corrected chi connectivity index (χ3v) is 2.28. The zero-order valence-electron chi connectivity index (χ0n) is 7.66. The van der Waals surface area contributed by atoms with E-state index in [2.05, 4.69) is 0 Å². The molecule has 0 aliphatic carbocycles. The quantitative estimate of drug-likeness (QED) is 0.466. The number of nitrogens with two attached hydrogens (primary N) is 1. The van der Waals surface area contributed by atoms with Crippen LogP contribution in [-0.4, -0.2) is 39.0 Å². The number of likely N-dealkylation sites (tertiary alicyclic amines) is 1. The van der Waals surface area contributed by atoms with Gasteiger partial charge in [0.1, 0.15) is 0 Å². The van der Waals surface area contributed by atoms with Crippen molar-refractivity contribution in [2.75, 3.05) is 6.54 Å². The number of carbonyl (C=O) groups is 1. The first kappa shape index (κ1) is 12.6. The molecule has 0 aromatic rings. The summed E-state index contributed by atoms with van der Waals surface area (Å²) in [6.45, 7) is -0.245. The van der Waals surface area contributed by atoms with Crippen LogP contribution in [0.1, 0.15) is 12.8 Å². The lowest BCUT2D eigenvalue weighted by Gasteiger charge is -2.27. The topological polar surface area (TPSA) is 86.8 Å². The second-order valence-corrected chi connectivity index (χ2v) is 4.13. The molecule has 0 aromatic carbocycles. The highest BCUT2D eigenvalue weighted by molar-refractivity contribution is 6.21. The Morgan fingerprint density at radius 2 is 2.13 bits per heavy atom. The molecule has 0 aromatic heterocycles. The van der Waals surface area contributed by atoms with Crippen LogP contribution < -0.4 is 5.73 Å². The average molecular weight is 245 g/mol. The Hall–Kier alpha value is -0.500. The first-order valence-corrected chi connectivity index (χ1v) is 4.58. The zero-order valence-corrected chi connectivity index (χ0v) is 8.42. The molecule has 8 heteroatoms. The number of alkyl halides is 3. The molecule has 5 nitrogen and oxygen atoms in total. The Morgan fingerprint density at radius 1 is 1.60 bits per heavy atom. The molecular formula is C7H11ClF2N2O3. The minimum absolute atomic E-state index is 0.220. The van der Waals surface area contributed by atoms with Crippen LogP contribution in [0.4, 0.5) is 8.78 Å². The van der Waals surface area contributed by atoms with E-state index in [0.717, 1.165) is 0 Å². The fourth-order valence-electron chi connectivity index (χ4n) is 1.56. The zero-order chi connectivity index (χ0) is 11.9. The highest BCUT2D eigenvalue weighted by Gasteiger charge is 2.43. The molecule has 1 aliphatic rings. The standard InChI is InChI=1S/C7H11ClF2N2O3/c8-6(9,10)2-4-1-5(13)12(3-4)7(11,14)15/h4,14-15H,1-3,11H2. The molecule has 1 heterocycles. The molecule has 15 heavy (non-hydrogen) atoms. The van der Waals surface area contributed by atoms with E-state index in [1.54, 1.807) is 0 Å². The molecule has 1 atom stereocenters. The molecule has 0 saturated carbocycles. The minimum atomic E-state index is -3.40. The summed E-state index contributed by atoms with van der Waals surface area (Å²) in [6, 6.07) is -2.80. The number of hydrogen-bond donors (Lipinski definition) is 3. The largest absolute Gasteiger partial charge is 0.336 e. The van der Waals surface area contributed by atoms with Crippen molar-refractivity contribution in [3.63, 3.8) is 0 Å².